The average molecular weight is 493 g/mol. The number of aromatic nitrogens is 3. The summed E-state index contributed by atoms with van der Waals surface area (Å²) in [4.78, 5) is 27.9. The lowest BCUT2D eigenvalue weighted by Crippen LogP contribution is -2.27. The van der Waals surface area contributed by atoms with Crippen LogP contribution in [0.3, 0.4) is 0 Å². The average Bonchev–Trinajstić information content (AvgIpc) is 3.51. The molecule has 7 nitrogen and oxygen atoms in total. The molecule has 2 atom stereocenters. The summed E-state index contributed by atoms with van der Waals surface area (Å²) < 4.78 is 11.8. The minimum absolute atomic E-state index is 0.179. The Morgan fingerprint density at radius 3 is 2.74 bits per heavy atom. The summed E-state index contributed by atoms with van der Waals surface area (Å²) in [5.74, 6) is 1.13. The van der Waals surface area contributed by atoms with Crippen LogP contribution < -0.4 is 10.1 Å². The molecule has 0 spiro atoms. The van der Waals surface area contributed by atoms with E-state index in [1.54, 1.807) is 23.7 Å². The molecule has 8 heteroatoms. The van der Waals surface area contributed by atoms with Crippen LogP contribution in [0.1, 0.15) is 84.0 Å². The Bertz CT molecular complexity index is 1150. The van der Waals surface area contributed by atoms with Gasteiger partial charge in [0, 0.05) is 41.4 Å². The van der Waals surface area contributed by atoms with E-state index in [1.165, 1.54) is 24.1 Å². The first kappa shape index (κ1) is 23.9. The molecule has 35 heavy (non-hydrogen) atoms. The standard InChI is InChI=1S/C27H32N4O3S/c1-17-14-29-24(15-28-17)18(2)31-26(32)20-11-21(27-30-16-25(35-27)19-5-3-6-19)13-23(12-20)34-10-8-22-7-4-9-33-22/h11-16,18-19,22H,3-10H2,1-2H3,(H,31,32)/t18-,22?/m1/s1. The van der Waals surface area contributed by atoms with Gasteiger partial charge in [-0.1, -0.05) is 6.42 Å². The maximum absolute atomic E-state index is 13.2. The van der Waals surface area contributed by atoms with Crippen molar-refractivity contribution in [1.29, 1.82) is 0 Å². The highest BCUT2D eigenvalue weighted by Gasteiger charge is 2.23. The van der Waals surface area contributed by atoms with Gasteiger partial charge < -0.3 is 14.8 Å². The van der Waals surface area contributed by atoms with Crippen molar-refractivity contribution in [3.63, 3.8) is 0 Å². The van der Waals surface area contributed by atoms with Crippen LogP contribution in [0.25, 0.3) is 10.6 Å². The van der Waals surface area contributed by atoms with E-state index in [-0.39, 0.29) is 18.1 Å². The fourth-order valence-corrected chi connectivity index (χ4v) is 5.47. The van der Waals surface area contributed by atoms with Crippen molar-refractivity contribution < 1.29 is 14.3 Å². The third kappa shape index (κ3) is 5.87. The van der Waals surface area contributed by atoms with Crippen LogP contribution in [0.5, 0.6) is 5.75 Å². The highest BCUT2D eigenvalue weighted by Crippen LogP contribution is 2.41. The van der Waals surface area contributed by atoms with Crippen LogP contribution in [0, 0.1) is 6.92 Å². The number of amides is 1. The van der Waals surface area contributed by atoms with E-state index in [0.717, 1.165) is 47.8 Å². The Labute approximate surface area is 210 Å². The van der Waals surface area contributed by atoms with Crippen LogP contribution >= 0.6 is 11.3 Å². The third-order valence-corrected chi connectivity index (χ3v) is 7.98. The van der Waals surface area contributed by atoms with Crippen molar-refractivity contribution >= 4 is 17.2 Å². The lowest BCUT2D eigenvalue weighted by atomic mass is 9.85. The van der Waals surface area contributed by atoms with Crippen LogP contribution in [0.4, 0.5) is 0 Å². The first-order valence-corrected chi connectivity index (χ1v) is 13.3. The Morgan fingerprint density at radius 1 is 1.14 bits per heavy atom. The molecular weight excluding hydrogens is 460 g/mol. The lowest BCUT2D eigenvalue weighted by molar-refractivity contribution is 0.0899. The minimum Gasteiger partial charge on any atom is -0.493 e. The fraction of sp³-hybridized carbons (Fsp3) is 0.481. The number of carbonyl (C=O) groups excluding carboxylic acids is 1. The van der Waals surface area contributed by atoms with Gasteiger partial charge in [-0.25, -0.2) is 4.98 Å². The maximum Gasteiger partial charge on any atom is 0.251 e. The van der Waals surface area contributed by atoms with Crippen LogP contribution in [-0.2, 0) is 4.74 Å². The predicted molar refractivity (Wildman–Crippen MR) is 136 cm³/mol. The molecule has 184 valence electrons. The number of thiazole rings is 1. The molecule has 1 aliphatic carbocycles. The molecule has 1 saturated heterocycles. The molecule has 1 N–H and O–H groups in total. The molecule has 1 saturated carbocycles. The maximum atomic E-state index is 13.2. The number of carbonyl (C=O) groups is 1. The number of nitrogens with zero attached hydrogens (tertiary/aromatic N) is 3. The van der Waals surface area contributed by atoms with Gasteiger partial charge in [0.2, 0.25) is 0 Å². The second kappa shape index (κ2) is 10.8. The number of hydrogen-bond donors (Lipinski definition) is 1. The number of aryl methyl sites for hydroxylation is 1. The van der Waals surface area contributed by atoms with Crippen LogP contribution in [0.2, 0.25) is 0 Å². The molecule has 0 radical (unpaired) electrons. The van der Waals surface area contributed by atoms with Crippen molar-refractivity contribution in [2.45, 2.75) is 70.4 Å². The summed E-state index contributed by atoms with van der Waals surface area (Å²) in [6.07, 6.45) is 12.5. The van der Waals surface area contributed by atoms with Gasteiger partial charge >= 0.3 is 0 Å². The Kier molecular flexibility index (Phi) is 7.39. The molecule has 0 bridgehead atoms. The topological polar surface area (TPSA) is 86.2 Å². The van der Waals surface area contributed by atoms with Gasteiger partial charge in [0.1, 0.15) is 10.8 Å². The normalized spacial score (nSPS) is 18.7. The van der Waals surface area contributed by atoms with Gasteiger partial charge in [-0.2, -0.15) is 0 Å². The van der Waals surface area contributed by atoms with Crippen LogP contribution in [-0.4, -0.2) is 40.2 Å². The fourth-order valence-electron chi connectivity index (χ4n) is 4.40. The number of benzene rings is 1. The second-order valence-electron chi connectivity index (χ2n) is 9.49. The molecule has 2 aromatic heterocycles. The quantitative estimate of drug-likeness (QED) is 0.418. The van der Waals surface area contributed by atoms with E-state index in [1.807, 2.05) is 38.2 Å². The molecule has 5 rings (SSSR count). The highest BCUT2D eigenvalue weighted by atomic mass is 32.1. The Morgan fingerprint density at radius 2 is 2.03 bits per heavy atom. The van der Waals surface area contributed by atoms with E-state index in [4.69, 9.17) is 9.47 Å². The van der Waals surface area contributed by atoms with Gasteiger partial charge in [0.15, 0.2) is 0 Å². The van der Waals surface area contributed by atoms with E-state index < -0.39 is 0 Å². The molecule has 1 aromatic carbocycles. The molecule has 1 aliphatic heterocycles. The molecule has 1 unspecified atom stereocenters. The predicted octanol–water partition coefficient (Wildman–Crippen LogP) is 5.61. The first-order valence-electron chi connectivity index (χ1n) is 12.5. The lowest BCUT2D eigenvalue weighted by Gasteiger charge is -2.23. The highest BCUT2D eigenvalue weighted by molar-refractivity contribution is 7.15. The molecule has 3 aromatic rings. The molecular formula is C27H32N4O3S. The van der Waals surface area contributed by atoms with Crippen molar-refractivity contribution in [1.82, 2.24) is 20.3 Å². The monoisotopic (exact) mass is 492 g/mol. The molecule has 3 heterocycles. The Hall–Kier alpha value is -2.84. The van der Waals surface area contributed by atoms with Crippen molar-refractivity contribution in [2.24, 2.45) is 0 Å². The first-order chi connectivity index (χ1) is 17.0. The smallest absolute Gasteiger partial charge is 0.251 e. The summed E-state index contributed by atoms with van der Waals surface area (Å²) in [7, 11) is 0. The summed E-state index contributed by atoms with van der Waals surface area (Å²) in [5, 5.41) is 3.97. The second-order valence-corrected chi connectivity index (χ2v) is 10.6. The van der Waals surface area contributed by atoms with Gasteiger partial charge in [0.25, 0.3) is 5.91 Å². The van der Waals surface area contributed by atoms with E-state index >= 15 is 0 Å². The van der Waals surface area contributed by atoms with E-state index in [2.05, 4.69) is 20.3 Å². The van der Waals surface area contributed by atoms with Gasteiger partial charge in [0.05, 0.1) is 36.3 Å². The summed E-state index contributed by atoms with van der Waals surface area (Å²) in [5.41, 5.74) is 3.01. The van der Waals surface area contributed by atoms with Gasteiger partial charge in [-0.3, -0.25) is 14.8 Å². The van der Waals surface area contributed by atoms with Gasteiger partial charge in [-0.05, 0) is 63.6 Å². The Balaban J connectivity index is 1.35. The number of nitrogens with one attached hydrogen (secondary N) is 1. The van der Waals surface area contributed by atoms with Crippen LogP contribution in [0.15, 0.2) is 36.8 Å². The molecule has 2 aliphatic rings. The zero-order valence-corrected chi connectivity index (χ0v) is 21.1. The van der Waals surface area contributed by atoms with E-state index in [9.17, 15) is 4.79 Å². The molecule has 1 amide bonds. The van der Waals surface area contributed by atoms with Crippen molar-refractivity contribution in [3.05, 3.63) is 58.6 Å². The summed E-state index contributed by atoms with van der Waals surface area (Å²) >= 11 is 1.72. The third-order valence-electron chi connectivity index (χ3n) is 6.77. The largest absolute Gasteiger partial charge is 0.493 e. The number of hydrogen-bond acceptors (Lipinski definition) is 7. The zero-order valence-electron chi connectivity index (χ0n) is 20.3. The zero-order chi connectivity index (χ0) is 24.2. The van der Waals surface area contributed by atoms with Gasteiger partial charge in [-0.15, -0.1) is 11.3 Å². The number of ether oxygens (including phenoxy) is 2. The summed E-state index contributed by atoms with van der Waals surface area (Å²) in [6, 6.07) is 5.43. The minimum atomic E-state index is -0.270. The SMILES string of the molecule is Cc1cnc([C@@H](C)NC(=O)c2cc(OCCC3CCCO3)cc(-c3ncc(C4CCC4)s3)c2)cn1. The molecule has 2 fully saturated rings. The number of rotatable bonds is 9. The van der Waals surface area contributed by atoms with Crippen molar-refractivity contribution in [2.75, 3.05) is 13.2 Å². The summed E-state index contributed by atoms with van der Waals surface area (Å²) in [6.45, 7) is 5.18. The van der Waals surface area contributed by atoms with E-state index in [0.29, 0.717) is 23.8 Å². The van der Waals surface area contributed by atoms with Crippen molar-refractivity contribution in [3.8, 4) is 16.3 Å².